The van der Waals surface area contributed by atoms with E-state index in [4.69, 9.17) is 0 Å². The molecule has 0 atom stereocenters. The van der Waals surface area contributed by atoms with Crippen LogP contribution in [0.2, 0.25) is 0 Å². The van der Waals surface area contributed by atoms with Gasteiger partial charge >= 0.3 is 18.0 Å². The number of ether oxygens (including phenoxy) is 1. The van der Waals surface area contributed by atoms with Crippen molar-refractivity contribution in [1.82, 2.24) is 0 Å². The maximum atomic E-state index is 13.4. The Morgan fingerprint density at radius 1 is 0.725 bits per heavy atom. The van der Waals surface area contributed by atoms with Gasteiger partial charge in [-0.15, -0.1) is 0 Å². The molecule has 1 aromatic rings. The summed E-state index contributed by atoms with van der Waals surface area (Å²) in [6.07, 6.45) is 17.7. The van der Waals surface area contributed by atoms with Crippen LogP contribution in [0.15, 0.2) is 30.3 Å². The Bertz CT molecular complexity index is 878. The molecule has 2 aliphatic carbocycles. The van der Waals surface area contributed by atoms with Gasteiger partial charge in [0.2, 0.25) is 0 Å². The molecule has 0 amide bonds. The quantitative estimate of drug-likeness (QED) is 0.158. The molecule has 0 saturated heterocycles. The van der Waals surface area contributed by atoms with Crippen molar-refractivity contribution in [3.63, 3.8) is 0 Å². The van der Waals surface area contributed by atoms with Crippen LogP contribution in [0.1, 0.15) is 109 Å². The molecule has 3 rings (SSSR count). The van der Waals surface area contributed by atoms with E-state index in [0.717, 1.165) is 36.2 Å². The number of benzene rings is 1. The molecule has 0 aliphatic heterocycles. The molecule has 0 heterocycles. The highest BCUT2D eigenvalue weighted by atomic mass is 19.4. The average molecular weight is 579 g/mol. The van der Waals surface area contributed by atoms with Crippen LogP contribution < -0.4 is 4.74 Å². The lowest BCUT2D eigenvalue weighted by Crippen LogP contribution is -2.54. The Balaban J connectivity index is 1.35. The molecule has 2 fully saturated rings. The Kier molecular flexibility index (Phi) is 12.3. The van der Waals surface area contributed by atoms with Crippen LogP contribution >= 0.6 is 0 Å². The smallest absolute Gasteiger partial charge is 0.460 e. The van der Waals surface area contributed by atoms with E-state index in [0.29, 0.717) is 5.92 Å². The Hall–Kier alpha value is -1.73. The standard InChI is InChI=1S/C32H45F7O/c1-2-3-4-5-6-7-8-24-11-17-27(18-12-24)28-19-13-25(14-20-28)9-10-26-15-21-29(22-16-26)40-23-30(33,34)31(35,36)32(37,38)39/h9-10,15-16,21-22,24-25,27-28H,2-8,11-14,17-20,23H2,1H3. The molecule has 2 saturated carbocycles. The summed E-state index contributed by atoms with van der Waals surface area (Å²) in [6, 6.07) is 5.73. The van der Waals surface area contributed by atoms with Crippen molar-refractivity contribution in [1.29, 1.82) is 0 Å². The first kappa shape index (κ1) is 32.8. The Morgan fingerprint density at radius 2 is 1.27 bits per heavy atom. The molecule has 0 unspecified atom stereocenters. The fourth-order valence-electron chi connectivity index (χ4n) is 6.36. The molecule has 2 aliphatic rings. The fraction of sp³-hybridized carbons (Fsp3) is 0.750. The number of halogens is 7. The normalized spacial score (nSPS) is 24.9. The molecule has 40 heavy (non-hydrogen) atoms. The molecule has 0 N–H and O–H groups in total. The van der Waals surface area contributed by atoms with Crippen molar-refractivity contribution in [2.75, 3.05) is 6.61 Å². The summed E-state index contributed by atoms with van der Waals surface area (Å²) in [5.41, 5.74) is 0.783. The highest BCUT2D eigenvalue weighted by Gasteiger charge is 2.73. The van der Waals surface area contributed by atoms with E-state index in [1.807, 2.05) is 6.08 Å². The second-order valence-electron chi connectivity index (χ2n) is 12.0. The van der Waals surface area contributed by atoms with Crippen LogP contribution in [-0.4, -0.2) is 24.6 Å². The molecule has 228 valence electrons. The predicted molar refractivity (Wildman–Crippen MR) is 146 cm³/mol. The highest BCUT2D eigenvalue weighted by molar-refractivity contribution is 5.50. The summed E-state index contributed by atoms with van der Waals surface area (Å²) in [4.78, 5) is 0. The first-order valence-corrected chi connectivity index (χ1v) is 15.2. The number of alkyl halides is 7. The van der Waals surface area contributed by atoms with Crippen molar-refractivity contribution in [3.8, 4) is 5.75 Å². The van der Waals surface area contributed by atoms with Crippen molar-refractivity contribution >= 4 is 6.08 Å². The van der Waals surface area contributed by atoms with Gasteiger partial charge in [0.25, 0.3) is 0 Å². The SMILES string of the molecule is CCCCCCCCC1CCC(C2CCC(C=Cc3ccc(OCC(F)(F)C(F)(F)C(F)(F)F)cc3)CC2)CC1. The predicted octanol–water partition coefficient (Wildman–Crippen LogP) is 11.3. The lowest BCUT2D eigenvalue weighted by Gasteiger charge is -2.37. The highest BCUT2D eigenvalue weighted by Crippen LogP contribution is 2.47. The van der Waals surface area contributed by atoms with Crippen molar-refractivity contribution in [3.05, 3.63) is 35.9 Å². The van der Waals surface area contributed by atoms with Crippen molar-refractivity contribution < 1.29 is 35.5 Å². The zero-order chi connectivity index (χ0) is 29.2. The first-order chi connectivity index (χ1) is 18.9. The van der Waals surface area contributed by atoms with E-state index in [9.17, 15) is 30.7 Å². The minimum Gasteiger partial charge on any atom is -0.487 e. The van der Waals surface area contributed by atoms with E-state index in [1.54, 1.807) is 12.1 Å². The molecule has 0 bridgehead atoms. The molecule has 1 aromatic carbocycles. The molecule has 0 radical (unpaired) electrons. The summed E-state index contributed by atoms with van der Waals surface area (Å²) < 4.78 is 94.2. The lowest BCUT2D eigenvalue weighted by atomic mass is 9.68. The lowest BCUT2D eigenvalue weighted by molar-refractivity contribution is -0.358. The van der Waals surface area contributed by atoms with E-state index < -0.39 is 24.6 Å². The zero-order valence-electron chi connectivity index (χ0n) is 23.6. The largest absolute Gasteiger partial charge is 0.487 e. The van der Waals surface area contributed by atoms with Gasteiger partial charge < -0.3 is 4.74 Å². The molecule has 8 heteroatoms. The summed E-state index contributed by atoms with van der Waals surface area (Å²) in [6.45, 7) is 0.186. The van der Waals surface area contributed by atoms with Gasteiger partial charge in [0.05, 0.1) is 0 Å². The van der Waals surface area contributed by atoms with Crippen LogP contribution in [-0.2, 0) is 0 Å². The molecule has 0 aromatic heterocycles. The van der Waals surface area contributed by atoms with Crippen LogP contribution in [0.5, 0.6) is 5.75 Å². The molecular weight excluding hydrogens is 533 g/mol. The minimum absolute atomic E-state index is 0.197. The van der Waals surface area contributed by atoms with Crippen molar-refractivity contribution in [2.24, 2.45) is 23.7 Å². The molecule has 0 spiro atoms. The number of unbranched alkanes of at least 4 members (excludes halogenated alkanes) is 5. The Morgan fingerprint density at radius 3 is 1.85 bits per heavy atom. The average Bonchev–Trinajstić information content (AvgIpc) is 2.93. The third-order valence-electron chi connectivity index (χ3n) is 9.02. The third-order valence-corrected chi connectivity index (χ3v) is 9.02. The van der Waals surface area contributed by atoms with Crippen LogP contribution in [0.25, 0.3) is 6.08 Å². The van der Waals surface area contributed by atoms with Crippen LogP contribution in [0.3, 0.4) is 0 Å². The van der Waals surface area contributed by atoms with Gasteiger partial charge in [-0.3, -0.25) is 0 Å². The van der Waals surface area contributed by atoms with Gasteiger partial charge in [-0.25, -0.2) is 0 Å². The van der Waals surface area contributed by atoms with Gasteiger partial charge in [-0.2, -0.15) is 30.7 Å². The number of allylic oxidation sites excluding steroid dienone is 1. The number of rotatable bonds is 14. The van der Waals surface area contributed by atoms with E-state index >= 15 is 0 Å². The van der Waals surface area contributed by atoms with E-state index in [2.05, 4.69) is 17.7 Å². The van der Waals surface area contributed by atoms with E-state index in [1.165, 1.54) is 95.6 Å². The second kappa shape index (κ2) is 14.9. The fourth-order valence-corrected chi connectivity index (χ4v) is 6.36. The van der Waals surface area contributed by atoms with Gasteiger partial charge in [-0.05, 0) is 79.9 Å². The zero-order valence-corrected chi connectivity index (χ0v) is 23.6. The molecule has 1 nitrogen and oxygen atoms in total. The van der Waals surface area contributed by atoms with Crippen LogP contribution in [0, 0.1) is 23.7 Å². The second-order valence-corrected chi connectivity index (χ2v) is 12.0. The number of hydrogen-bond donors (Lipinski definition) is 0. The summed E-state index contributed by atoms with van der Waals surface area (Å²) >= 11 is 0. The third kappa shape index (κ3) is 9.40. The van der Waals surface area contributed by atoms with Gasteiger partial charge in [0.15, 0.2) is 6.61 Å². The minimum atomic E-state index is -6.36. The molecular formula is C32H45F7O. The van der Waals surface area contributed by atoms with Gasteiger partial charge in [-0.1, -0.05) is 89.0 Å². The maximum absolute atomic E-state index is 13.4. The maximum Gasteiger partial charge on any atom is 0.460 e. The monoisotopic (exact) mass is 578 g/mol. The van der Waals surface area contributed by atoms with Gasteiger partial charge in [0, 0.05) is 0 Å². The summed E-state index contributed by atoms with van der Waals surface area (Å²) in [5, 5.41) is 0. The Labute approximate surface area is 234 Å². The summed E-state index contributed by atoms with van der Waals surface area (Å²) in [5.74, 6) is -8.67. The van der Waals surface area contributed by atoms with Crippen LogP contribution in [0.4, 0.5) is 30.7 Å². The first-order valence-electron chi connectivity index (χ1n) is 15.2. The summed E-state index contributed by atoms with van der Waals surface area (Å²) in [7, 11) is 0. The van der Waals surface area contributed by atoms with Crippen molar-refractivity contribution in [2.45, 2.75) is 121 Å². The topological polar surface area (TPSA) is 9.23 Å². The van der Waals surface area contributed by atoms with E-state index in [-0.39, 0.29) is 5.75 Å². The number of hydrogen-bond acceptors (Lipinski definition) is 1. The van der Waals surface area contributed by atoms with Gasteiger partial charge in [0.1, 0.15) is 5.75 Å².